The average Bonchev–Trinajstić information content (AvgIpc) is 3.22. The van der Waals surface area contributed by atoms with Gasteiger partial charge < -0.3 is 10.0 Å². The van der Waals surface area contributed by atoms with E-state index in [2.05, 4.69) is 5.10 Å². The monoisotopic (exact) mass is 341 g/mol. The SMILES string of the molecule is Cc1ccc(-n2ncc(C(=O)N3CC[C@@H](C(=O)O)C3)c2C(C)C)cc1. The molecule has 2 heterocycles. The fraction of sp³-hybridized carbons (Fsp3) is 0.421. The Kier molecular flexibility index (Phi) is 4.61. The van der Waals surface area contributed by atoms with Crippen molar-refractivity contribution in [3.8, 4) is 5.69 Å². The number of hydrogen-bond donors (Lipinski definition) is 1. The number of carbonyl (C=O) groups is 2. The number of carbonyl (C=O) groups excluding carboxylic acids is 1. The number of aliphatic carboxylic acids is 1. The molecule has 25 heavy (non-hydrogen) atoms. The summed E-state index contributed by atoms with van der Waals surface area (Å²) in [5, 5.41) is 13.6. The van der Waals surface area contributed by atoms with Crippen molar-refractivity contribution in [1.82, 2.24) is 14.7 Å². The molecule has 1 amide bonds. The first-order valence-electron chi connectivity index (χ1n) is 8.55. The van der Waals surface area contributed by atoms with Gasteiger partial charge >= 0.3 is 5.97 Å². The van der Waals surface area contributed by atoms with Crippen LogP contribution in [0, 0.1) is 12.8 Å². The lowest BCUT2D eigenvalue weighted by Crippen LogP contribution is -2.30. The summed E-state index contributed by atoms with van der Waals surface area (Å²) in [6, 6.07) is 8.00. The van der Waals surface area contributed by atoms with Gasteiger partial charge in [0.2, 0.25) is 0 Å². The Balaban J connectivity index is 1.93. The molecule has 1 aromatic heterocycles. The van der Waals surface area contributed by atoms with Crippen LogP contribution in [0.1, 0.15) is 47.8 Å². The van der Waals surface area contributed by atoms with E-state index in [0.29, 0.717) is 18.5 Å². The fourth-order valence-electron chi connectivity index (χ4n) is 3.29. The lowest BCUT2D eigenvalue weighted by atomic mass is 10.0. The van der Waals surface area contributed by atoms with E-state index in [1.165, 1.54) is 0 Å². The largest absolute Gasteiger partial charge is 0.481 e. The van der Waals surface area contributed by atoms with E-state index in [1.807, 2.05) is 49.7 Å². The highest BCUT2D eigenvalue weighted by Gasteiger charge is 2.33. The molecule has 0 saturated carbocycles. The summed E-state index contributed by atoms with van der Waals surface area (Å²) in [5.41, 5.74) is 3.49. The smallest absolute Gasteiger partial charge is 0.308 e. The maximum Gasteiger partial charge on any atom is 0.308 e. The summed E-state index contributed by atoms with van der Waals surface area (Å²) in [6.07, 6.45) is 2.11. The molecule has 132 valence electrons. The quantitative estimate of drug-likeness (QED) is 0.928. The molecule has 0 bridgehead atoms. The molecule has 0 unspecified atom stereocenters. The number of aryl methyl sites for hydroxylation is 1. The standard InChI is InChI=1S/C19H23N3O3/c1-12(2)17-16(18(23)21-9-8-14(11-21)19(24)25)10-20-22(17)15-6-4-13(3)5-7-15/h4-7,10,12,14H,8-9,11H2,1-3H3,(H,24,25)/t14-/m1/s1. The number of likely N-dealkylation sites (tertiary alicyclic amines) is 1. The molecule has 6 heteroatoms. The molecule has 2 aromatic rings. The highest BCUT2D eigenvalue weighted by atomic mass is 16.4. The maximum atomic E-state index is 12.9. The molecule has 1 N–H and O–H groups in total. The van der Waals surface area contributed by atoms with E-state index in [0.717, 1.165) is 16.9 Å². The normalized spacial score (nSPS) is 17.3. The molecule has 1 saturated heterocycles. The molecular weight excluding hydrogens is 318 g/mol. The second-order valence-electron chi connectivity index (χ2n) is 6.92. The van der Waals surface area contributed by atoms with Crippen molar-refractivity contribution in [3.05, 3.63) is 47.3 Å². The number of benzene rings is 1. The summed E-state index contributed by atoms with van der Waals surface area (Å²) >= 11 is 0. The Morgan fingerprint density at radius 1 is 1.24 bits per heavy atom. The van der Waals surface area contributed by atoms with Crippen molar-refractivity contribution >= 4 is 11.9 Å². The fourth-order valence-corrected chi connectivity index (χ4v) is 3.29. The van der Waals surface area contributed by atoms with Crippen LogP contribution in [0.25, 0.3) is 5.69 Å². The summed E-state index contributed by atoms with van der Waals surface area (Å²) in [4.78, 5) is 25.7. The molecule has 0 aliphatic carbocycles. The summed E-state index contributed by atoms with van der Waals surface area (Å²) in [6.45, 7) is 6.83. The minimum atomic E-state index is -0.838. The Morgan fingerprint density at radius 3 is 2.48 bits per heavy atom. The number of carboxylic acids is 1. The van der Waals surface area contributed by atoms with Crippen molar-refractivity contribution in [2.45, 2.75) is 33.1 Å². The van der Waals surface area contributed by atoms with Gasteiger partial charge in [-0.1, -0.05) is 31.5 Å². The minimum Gasteiger partial charge on any atom is -0.481 e. The number of nitrogens with zero attached hydrogens (tertiary/aromatic N) is 3. The van der Waals surface area contributed by atoms with Crippen LogP contribution in [0.2, 0.25) is 0 Å². The number of rotatable bonds is 4. The third-order valence-corrected chi connectivity index (χ3v) is 4.69. The van der Waals surface area contributed by atoms with Gasteiger partial charge in [0.15, 0.2) is 0 Å². The predicted molar refractivity (Wildman–Crippen MR) is 94.0 cm³/mol. The van der Waals surface area contributed by atoms with Crippen LogP contribution in [0.4, 0.5) is 0 Å². The minimum absolute atomic E-state index is 0.112. The van der Waals surface area contributed by atoms with Crippen molar-refractivity contribution < 1.29 is 14.7 Å². The zero-order valence-corrected chi connectivity index (χ0v) is 14.8. The third kappa shape index (κ3) is 3.29. The van der Waals surface area contributed by atoms with Gasteiger partial charge in [-0.2, -0.15) is 5.10 Å². The van der Waals surface area contributed by atoms with E-state index in [-0.39, 0.29) is 18.4 Å². The molecule has 1 aliphatic heterocycles. The molecule has 0 spiro atoms. The van der Waals surface area contributed by atoms with Crippen molar-refractivity contribution in [3.63, 3.8) is 0 Å². The van der Waals surface area contributed by atoms with Crippen LogP contribution < -0.4 is 0 Å². The molecule has 1 fully saturated rings. The Labute approximate surface area is 147 Å². The van der Waals surface area contributed by atoms with E-state index >= 15 is 0 Å². The highest BCUT2D eigenvalue weighted by molar-refractivity contribution is 5.96. The Bertz CT molecular complexity index is 793. The maximum absolute atomic E-state index is 12.9. The molecule has 1 atom stereocenters. The van der Waals surface area contributed by atoms with Crippen LogP contribution in [0.3, 0.4) is 0 Å². The summed E-state index contributed by atoms with van der Waals surface area (Å²) in [7, 11) is 0. The lowest BCUT2D eigenvalue weighted by molar-refractivity contribution is -0.141. The second kappa shape index (κ2) is 6.70. The van der Waals surface area contributed by atoms with Gasteiger partial charge in [-0.25, -0.2) is 4.68 Å². The van der Waals surface area contributed by atoms with Gasteiger partial charge in [-0.15, -0.1) is 0 Å². The summed E-state index contributed by atoms with van der Waals surface area (Å²) < 4.78 is 1.81. The van der Waals surface area contributed by atoms with Crippen LogP contribution in [0.15, 0.2) is 30.5 Å². The molecule has 0 radical (unpaired) electrons. The molecular formula is C19H23N3O3. The first kappa shape index (κ1) is 17.2. The topological polar surface area (TPSA) is 75.4 Å². The summed E-state index contributed by atoms with van der Waals surface area (Å²) in [5.74, 6) is -1.33. The van der Waals surface area contributed by atoms with Gasteiger partial charge in [-0.3, -0.25) is 9.59 Å². The first-order valence-corrected chi connectivity index (χ1v) is 8.55. The second-order valence-corrected chi connectivity index (χ2v) is 6.92. The van der Waals surface area contributed by atoms with E-state index in [4.69, 9.17) is 5.11 Å². The zero-order valence-electron chi connectivity index (χ0n) is 14.8. The average molecular weight is 341 g/mol. The van der Waals surface area contributed by atoms with Crippen molar-refractivity contribution in [2.75, 3.05) is 13.1 Å². The molecule has 3 rings (SSSR count). The van der Waals surface area contributed by atoms with Crippen LogP contribution in [0.5, 0.6) is 0 Å². The number of aromatic nitrogens is 2. The van der Waals surface area contributed by atoms with Crippen LogP contribution >= 0.6 is 0 Å². The predicted octanol–water partition coefficient (Wildman–Crippen LogP) is 2.85. The number of carboxylic acid groups (broad SMARTS) is 1. The third-order valence-electron chi connectivity index (χ3n) is 4.69. The number of hydrogen-bond acceptors (Lipinski definition) is 3. The van der Waals surface area contributed by atoms with Gasteiger partial charge in [-0.05, 0) is 31.4 Å². The van der Waals surface area contributed by atoms with Gasteiger partial charge in [0, 0.05) is 13.1 Å². The van der Waals surface area contributed by atoms with Gasteiger partial charge in [0.25, 0.3) is 5.91 Å². The number of amides is 1. The first-order chi connectivity index (χ1) is 11.9. The van der Waals surface area contributed by atoms with Crippen molar-refractivity contribution in [1.29, 1.82) is 0 Å². The van der Waals surface area contributed by atoms with E-state index < -0.39 is 11.9 Å². The molecule has 1 aliphatic rings. The van der Waals surface area contributed by atoms with Gasteiger partial charge in [0.1, 0.15) is 0 Å². The van der Waals surface area contributed by atoms with Crippen LogP contribution in [-0.4, -0.2) is 44.8 Å². The van der Waals surface area contributed by atoms with E-state index in [1.54, 1.807) is 11.1 Å². The lowest BCUT2D eigenvalue weighted by Gasteiger charge is -2.18. The van der Waals surface area contributed by atoms with Gasteiger partial charge in [0.05, 0.1) is 29.1 Å². The zero-order chi connectivity index (χ0) is 18.1. The molecule has 6 nitrogen and oxygen atoms in total. The highest BCUT2D eigenvalue weighted by Crippen LogP contribution is 2.26. The Morgan fingerprint density at radius 2 is 1.92 bits per heavy atom. The van der Waals surface area contributed by atoms with Crippen LogP contribution in [-0.2, 0) is 4.79 Å². The van der Waals surface area contributed by atoms with Crippen molar-refractivity contribution in [2.24, 2.45) is 5.92 Å². The molecule has 1 aromatic carbocycles. The van der Waals surface area contributed by atoms with E-state index in [9.17, 15) is 9.59 Å². The Hall–Kier alpha value is -2.63.